The van der Waals surface area contributed by atoms with Crippen LogP contribution in [-0.2, 0) is 4.79 Å². The number of nitrogens with two attached hydrogens (primary N) is 1. The summed E-state index contributed by atoms with van der Waals surface area (Å²) in [6, 6.07) is 10.2. The van der Waals surface area contributed by atoms with Crippen molar-refractivity contribution in [3.8, 4) is 0 Å². The third-order valence-electron chi connectivity index (χ3n) is 3.49. The summed E-state index contributed by atoms with van der Waals surface area (Å²) < 4.78 is 0. The molecule has 0 aliphatic carbocycles. The number of hydrogen-bond donors (Lipinski definition) is 1. The van der Waals surface area contributed by atoms with Crippen molar-refractivity contribution in [2.45, 2.75) is 32.4 Å². The highest BCUT2D eigenvalue weighted by Gasteiger charge is 2.25. The SMILES string of the molecule is CC(C)N(C(=O)CN1CC[C@@H](N)C1)c1ccccc1. The minimum Gasteiger partial charge on any atom is -0.326 e. The van der Waals surface area contributed by atoms with E-state index >= 15 is 0 Å². The number of anilines is 1. The Morgan fingerprint density at radius 1 is 1.42 bits per heavy atom. The molecule has 0 spiro atoms. The molecule has 1 aliphatic rings. The zero-order chi connectivity index (χ0) is 13.8. The molecule has 19 heavy (non-hydrogen) atoms. The molecule has 2 N–H and O–H groups in total. The average molecular weight is 261 g/mol. The maximum atomic E-state index is 12.5. The Labute approximate surface area is 115 Å². The van der Waals surface area contributed by atoms with Gasteiger partial charge in [0.1, 0.15) is 0 Å². The lowest BCUT2D eigenvalue weighted by molar-refractivity contribution is -0.119. The first kappa shape index (κ1) is 14.0. The lowest BCUT2D eigenvalue weighted by atomic mass is 10.2. The Hall–Kier alpha value is -1.39. The Kier molecular flexibility index (Phi) is 4.56. The van der Waals surface area contributed by atoms with Gasteiger partial charge in [-0.3, -0.25) is 9.69 Å². The van der Waals surface area contributed by atoms with Gasteiger partial charge in [0.25, 0.3) is 0 Å². The third kappa shape index (κ3) is 3.55. The first-order valence-corrected chi connectivity index (χ1v) is 6.93. The van der Waals surface area contributed by atoms with E-state index in [1.807, 2.05) is 49.1 Å². The summed E-state index contributed by atoms with van der Waals surface area (Å²) in [6.07, 6.45) is 0.986. The predicted molar refractivity (Wildman–Crippen MR) is 78.1 cm³/mol. The van der Waals surface area contributed by atoms with Crippen LogP contribution in [0.15, 0.2) is 30.3 Å². The van der Waals surface area contributed by atoms with Crippen LogP contribution in [0.1, 0.15) is 20.3 Å². The van der Waals surface area contributed by atoms with E-state index in [1.54, 1.807) is 0 Å². The summed E-state index contributed by atoms with van der Waals surface area (Å²) in [5, 5.41) is 0. The molecule has 0 bridgehead atoms. The number of amides is 1. The largest absolute Gasteiger partial charge is 0.326 e. The Balaban J connectivity index is 2.05. The van der Waals surface area contributed by atoms with Gasteiger partial charge in [0.2, 0.25) is 5.91 Å². The van der Waals surface area contributed by atoms with Crippen LogP contribution in [0.2, 0.25) is 0 Å². The van der Waals surface area contributed by atoms with Gasteiger partial charge in [0, 0.05) is 30.9 Å². The van der Waals surface area contributed by atoms with Crippen LogP contribution in [-0.4, -0.2) is 42.5 Å². The van der Waals surface area contributed by atoms with E-state index in [0.29, 0.717) is 6.54 Å². The van der Waals surface area contributed by atoms with Crippen molar-refractivity contribution in [3.63, 3.8) is 0 Å². The quantitative estimate of drug-likeness (QED) is 0.892. The number of benzene rings is 1. The van der Waals surface area contributed by atoms with Crippen molar-refractivity contribution in [1.29, 1.82) is 0 Å². The van der Waals surface area contributed by atoms with Gasteiger partial charge >= 0.3 is 0 Å². The molecule has 0 unspecified atom stereocenters. The second-order valence-electron chi connectivity index (χ2n) is 5.48. The van der Waals surface area contributed by atoms with Gasteiger partial charge in [-0.25, -0.2) is 0 Å². The number of carbonyl (C=O) groups is 1. The molecule has 1 aromatic rings. The van der Waals surface area contributed by atoms with Crippen LogP contribution in [0.4, 0.5) is 5.69 Å². The highest BCUT2D eigenvalue weighted by molar-refractivity contribution is 5.95. The third-order valence-corrected chi connectivity index (χ3v) is 3.49. The monoisotopic (exact) mass is 261 g/mol. The first-order valence-electron chi connectivity index (χ1n) is 6.93. The molecule has 0 saturated carbocycles. The van der Waals surface area contributed by atoms with Crippen LogP contribution < -0.4 is 10.6 Å². The van der Waals surface area contributed by atoms with Gasteiger partial charge in [0.05, 0.1) is 6.54 Å². The van der Waals surface area contributed by atoms with E-state index in [9.17, 15) is 4.79 Å². The molecule has 1 aromatic carbocycles. The van der Waals surface area contributed by atoms with Crippen molar-refractivity contribution in [3.05, 3.63) is 30.3 Å². The van der Waals surface area contributed by atoms with Crippen molar-refractivity contribution >= 4 is 11.6 Å². The molecule has 1 aliphatic heterocycles. The fraction of sp³-hybridized carbons (Fsp3) is 0.533. The van der Waals surface area contributed by atoms with Gasteiger partial charge in [-0.1, -0.05) is 18.2 Å². The van der Waals surface area contributed by atoms with Crippen LogP contribution in [0.3, 0.4) is 0 Å². The van der Waals surface area contributed by atoms with E-state index < -0.39 is 0 Å². The molecule has 0 aromatic heterocycles. The minimum absolute atomic E-state index is 0.148. The second-order valence-corrected chi connectivity index (χ2v) is 5.48. The van der Waals surface area contributed by atoms with E-state index in [0.717, 1.165) is 25.2 Å². The highest BCUT2D eigenvalue weighted by Crippen LogP contribution is 2.17. The molecular formula is C15H23N3O. The topological polar surface area (TPSA) is 49.6 Å². The standard InChI is InChI=1S/C15H23N3O/c1-12(2)18(14-6-4-3-5-7-14)15(19)11-17-9-8-13(16)10-17/h3-7,12-13H,8-11,16H2,1-2H3/t13-/m1/s1. The molecule has 2 rings (SSSR count). The molecule has 4 heteroatoms. The Morgan fingerprint density at radius 3 is 2.63 bits per heavy atom. The maximum Gasteiger partial charge on any atom is 0.241 e. The zero-order valence-corrected chi connectivity index (χ0v) is 11.7. The van der Waals surface area contributed by atoms with Crippen molar-refractivity contribution in [1.82, 2.24) is 4.90 Å². The summed E-state index contributed by atoms with van der Waals surface area (Å²) in [4.78, 5) is 16.5. The summed E-state index contributed by atoms with van der Waals surface area (Å²) in [7, 11) is 0. The number of hydrogen-bond acceptors (Lipinski definition) is 3. The number of para-hydroxylation sites is 1. The van der Waals surface area contributed by atoms with E-state index in [2.05, 4.69) is 4.90 Å². The molecule has 104 valence electrons. The fourth-order valence-electron chi connectivity index (χ4n) is 2.59. The highest BCUT2D eigenvalue weighted by atomic mass is 16.2. The molecule has 0 radical (unpaired) electrons. The summed E-state index contributed by atoms with van der Waals surface area (Å²) in [6.45, 7) is 6.29. The van der Waals surface area contributed by atoms with Crippen molar-refractivity contribution < 1.29 is 4.79 Å². The Morgan fingerprint density at radius 2 is 2.11 bits per heavy atom. The normalized spacial score (nSPS) is 19.9. The van der Waals surface area contributed by atoms with Gasteiger partial charge in [-0.2, -0.15) is 0 Å². The van der Waals surface area contributed by atoms with Crippen LogP contribution in [0.25, 0.3) is 0 Å². The molecule has 1 heterocycles. The molecule has 4 nitrogen and oxygen atoms in total. The van der Waals surface area contributed by atoms with E-state index in [1.165, 1.54) is 0 Å². The number of carbonyl (C=O) groups excluding carboxylic acids is 1. The lowest BCUT2D eigenvalue weighted by Crippen LogP contribution is -2.43. The van der Waals surface area contributed by atoms with Crippen LogP contribution in [0.5, 0.6) is 0 Å². The van der Waals surface area contributed by atoms with Crippen LogP contribution >= 0.6 is 0 Å². The fourth-order valence-corrected chi connectivity index (χ4v) is 2.59. The first-order chi connectivity index (χ1) is 9.08. The summed E-state index contributed by atoms with van der Waals surface area (Å²) >= 11 is 0. The predicted octanol–water partition coefficient (Wildman–Crippen LogP) is 1.46. The van der Waals surface area contributed by atoms with Gasteiger partial charge in [-0.05, 0) is 32.4 Å². The van der Waals surface area contributed by atoms with Gasteiger partial charge in [-0.15, -0.1) is 0 Å². The number of nitrogens with zero attached hydrogens (tertiary/aromatic N) is 2. The molecule has 1 fully saturated rings. The van der Waals surface area contributed by atoms with Crippen molar-refractivity contribution in [2.75, 3.05) is 24.5 Å². The lowest BCUT2D eigenvalue weighted by Gasteiger charge is -2.29. The summed E-state index contributed by atoms with van der Waals surface area (Å²) in [5.74, 6) is 0.148. The second kappa shape index (κ2) is 6.17. The molecule has 1 atom stereocenters. The maximum absolute atomic E-state index is 12.5. The smallest absolute Gasteiger partial charge is 0.241 e. The van der Waals surface area contributed by atoms with Crippen LogP contribution in [0, 0.1) is 0 Å². The Bertz CT molecular complexity index is 419. The zero-order valence-electron chi connectivity index (χ0n) is 11.7. The molecule has 1 saturated heterocycles. The van der Waals surface area contributed by atoms with Gasteiger partial charge < -0.3 is 10.6 Å². The number of rotatable bonds is 4. The average Bonchev–Trinajstić information content (AvgIpc) is 2.75. The van der Waals surface area contributed by atoms with E-state index in [-0.39, 0.29) is 18.0 Å². The van der Waals surface area contributed by atoms with E-state index in [4.69, 9.17) is 5.73 Å². The minimum atomic E-state index is 0.148. The van der Waals surface area contributed by atoms with Gasteiger partial charge in [0.15, 0.2) is 0 Å². The number of likely N-dealkylation sites (tertiary alicyclic amines) is 1. The molecule has 1 amide bonds. The summed E-state index contributed by atoms with van der Waals surface area (Å²) in [5.41, 5.74) is 6.85. The van der Waals surface area contributed by atoms with Crippen molar-refractivity contribution in [2.24, 2.45) is 5.73 Å². The molecular weight excluding hydrogens is 238 g/mol.